The van der Waals surface area contributed by atoms with E-state index in [1.165, 1.54) is 0 Å². The molecular weight excluding hydrogens is 481 g/mol. The maximum Gasteiger partial charge on any atom is 0.416 e. The minimum Gasteiger partial charge on any atom is -0.497 e. The molecule has 1 fully saturated rings. The van der Waals surface area contributed by atoms with Crippen molar-refractivity contribution in [3.8, 4) is 5.75 Å². The molecule has 4 N–H and O–H groups in total. The number of methoxy groups -OCH3 is 1. The van der Waals surface area contributed by atoms with Crippen molar-refractivity contribution in [1.82, 2.24) is 19.8 Å². The Morgan fingerprint density at radius 3 is 2.65 bits per heavy atom. The van der Waals surface area contributed by atoms with Crippen molar-refractivity contribution in [1.29, 1.82) is 0 Å². The van der Waals surface area contributed by atoms with Gasteiger partial charge in [0, 0.05) is 30.6 Å². The fourth-order valence-corrected chi connectivity index (χ4v) is 4.67. The molecule has 1 amide bonds. The molecule has 2 aromatic rings. The molecule has 1 aromatic carbocycles. The number of aromatic nitrogens is 2. The quantitative estimate of drug-likeness (QED) is 0.458. The van der Waals surface area contributed by atoms with Crippen LogP contribution in [0, 0.1) is 0 Å². The standard InChI is InChI=1S/C19H25F3N6O5S/c1-33-13-2-3-14-15(8-13)26-25-9-16(14)27-6-4-12(5-7-27)28(34(23,31)32)11-18(30)24-10-17(29)19(20,21)22/h2-3,8-9,12,17,29H,4-7,10-11H2,1H3,(H,24,30)(H2,23,31,32). The molecule has 1 atom stereocenters. The summed E-state index contributed by atoms with van der Waals surface area (Å²) in [5.74, 6) is -0.375. The number of nitrogens with one attached hydrogen (secondary N) is 1. The molecule has 1 saturated heterocycles. The van der Waals surface area contributed by atoms with E-state index in [0.717, 1.165) is 15.4 Å². The first-order valence-electron chi connectivity index (χ1n) is 10.3. The first-order chi connectivity index (χ1) is 15.9. The van der Waals surface area contributed by atoms with E-state index in [0.29, 0.717) is 37.2 Å². The average Bonchev–Trinajstić information content (AvgIpc) is 2.79. The molecule has 188 valence electrons. The molecule has 1 aliphatic rings. The summed E-state index contributed by atoms with van der Waals surface area (Å²) in [7, 11) is -2.78. The van der Waals surface area contributed by atoms with Gasteiger partial charge in [-0.15, -0.1) is 0 Å². The number of halogens is 3. The number of carbonyl (C=O) groups is 1. The van der Waals surface area contributed by atoms with Gasteiger partial charge in [-0.1, -0.05) is 0 Å². The first-order valence-corrected chi connectivity index (χ1v) is 11.8. The number of benzene rings is 1. The molecule has 3 rings (SSSR count). The zero-order chi connectivity index (χ0) is 25.1. The number of ether oxygens (including phenoxy) is 1. The van der Waals surface area contributed by atoms with Gasteiger partial charge in [0.2, 0.25) is 5.91 Å². The predicted molar refractivity (Wildman–Crippen MR) is 116 cm³/mol. The summed E-state index contributed by atoms with van der Waals surface area (Å²) in [4.78, 5) is 14.1. The van der Waals surface area contributed by atoms with Gasteiger partial charge in [0.15, 0.2) is 6.10 Å². The topological polar surface area (TPSA) is 151 Å². The van der Waals surface area contributed by atoms with Gasteiger partial charge in [-0.05, 0) is 25.0 Å². The van der Waals surface area contributed by atoms with Gasteiger partial charge in [-0.3, -0.25) is 4.79 Å². The van der Waals surface area contributed by atoms with Crippen LogP contribution in [0.15, 0.2) is 24.4 Å². The van der Waals surface area contributed by atoms with Crippen LogP contribution in [0.2, 0.25) is 0 Å². The van der Waals surface area contributed by atoms with E-state index in [-0.39, 0.29) is 0 Å². The summed E-state index contributed by atoms with van der Waals surface area (Å²) >= 11 is 0. The molecule has 11 nitrogen and oxygen atoms in total. The third kappa shape index (κ3) is 6.22. The number of fused-ring (bicyclic) bond motifs is 1. The average molecular weight is 507 g/mol. The number of nitrogens with two attached hydrogens (primary N) is 1. The van der Waals surface area contributed by atoms with Crippen molar-refractivity contribution in [3.05, 3.63) is 24.4 Å². The van der Waals surface area contributed by atoms with Crippen LogP contribution >= 0.6 is 0 Å². The lowest BCUT2D eigenvalue weighted by molar-refractivity contribution is -0.201. The van der Waals surface area contributed by atoms with Crippen molar-refractivity contribution in [2.45, 2.75) is 31.2 Å². The number of aliphatic hydroxyl groups is 1. The monoisotopic (exact) mass is 506 g/mol. The second kappa shape index (κ2) is 10.2. The highest BCUT2D eigenvalue weighted by molar-refractivity contribution is 7.86. The van der Waals surface area contributed by atoms with Crippen LogP contribution in [0.4, 0.5) is 18.9 Å². The van der Waals surface area contributed by atoms with E-state index >= 15 is 0 Å². The van der Waals surface area contributed by atoms with E-state index in [2.05, 4.69) is 10.2 Å². The lowest BCUT2D eigenvalue weighted by Crippen LogP contribution is -2.53. The highest BCUT2D eigenvalue weighted by Crippen LogP contribution is 2.30. The molecule has 0 aliphatic carbocycles. The Kier molecular flexibility index (Phi) is 7.80. The fourth-order valence-electron chi connectivity index (χ4n) is 3.75. The molecule has 15 heteroatoms. The van der Waals surface area contributed by atoms with E-state index in [1.54, 1.807) is 25.4 Å². The van der Waals surface area contributed by atoms with Crippen LogP contribution in [0.5, 0.6) is 5.75 Å². The smallest absolute Gasteiger partial charge is 0.416 e. The summed E-state index contributed by atoms with van der Waals surface area (Å²) in [5, 5.41) is 25.1. The van der Waals surface area contributed by atoms with Crippen LogP contribution in [0.1, 0.15) is 12.8 Å². The molecule has 0 bridgehead atoms. The van der Waals surface area contributed by atoms with Gasteiger partial charge in [-0.25, -0.2) is 5.14 Å². The molecule has 0 saturated carbocycles. The van der Waals surface area contributed by atoms with Crippen molar-refractivity contribution in [2.24, 2.45) is 5.14 Å². The SMILES string of the molecule is COc1ccc2c(N3CCC(N(CC(=O)NCC(O)C(F)(F)F)S(N)(=O)=O)CC3)cnnc2c1. The number of nitrogens with zero attached hydrogens (tertiary/aromatic N) is 4. The van der Waals surface area contributed by atoms with Crippen molar-refractivity contribution >= 4 is 32.7 Å². The first kappa shape index (κ1) is 25.9. The van der Waals surface area contributed by atoms with Crippen LogP contribution in [-0.4, -0.2) is 85.5 Å². The maximum absolute atomic E-state index is 12.4. The molecule has 0 radical (unpaired) electrons. The molecule has 1 aromatic heterocycles. The summed E-state index contributed by atoms with van der Waals surface area (Å²) < 4.78 is 67.4. The van der Waals surface area contributed by atoms with Gasteiger partial charge in [-0.2, -0.15) is 36.1 Å². The van der Waals surface area contributed by atoms with E-state index in [1.807, 2.05) is 16.3 Å². The Balaban J connectivity index is 1.67. The zero-order valence-corrected chi connectivity index (χ0v) is 19.0. The predicted octanol–water partition coefficient (Wildman–Crippen LogP) is 0.152. The van der Waals surface area contributed by atoms with Crippen LogP contribution in [0.3, 0.4) is 0 Å². The fraction of sp³-hybridized carbons (Fsp3) is 0.526. The number of rotatable bonds is 8. The van der Waals surface area contributed by atoms with Gasteiger partial charge < -0.3 is 20.1 Å². The Labute approximate surface area is 193 Å². The Bertz CT molecular complexity index is 1130. The Morgan fingerprint density at radius 1 is 1.38 bits per heavy atom. The Morgan fingerprint density at radius 2 is 2.06 bits per heavy atom. The third-order valence-corrected chi connectivity index (χ3v) is 6.62. The minimum atomic E-state index is -4.91. The molecule has 1 aliphatic heterocycles. The normalized spacial score (nSPS) is 16.6. The van der Waals surface area contributed by atoms with Crippen molar-refractivity contribution < 1.29 is 36.2 Å². The second-order valence-corrected chi connectivity index (χ2v) is 9.28. The summed E-state index contributed by atoms with van der Waals surface area (Å²) in [6.45, 7) is -1.02. The van der Waals surface area contributed by atoms with E-state index in [4.69, 9.17) is 15.0 Å². The van der Waals surface area contributed by atoms with Gasteiger partial charge >= 0.3 is 6.18 Å². The third-order valence-electron chi connectivity index (χ3n) is 5.54. The molecular formula is C19H25F3N6O5S. The van der Waals surface area contributed by atoms with Crippen LogP contribution in [0.25, 0.3) is 10.9 Å². The Hall–Kier alpha value is -2.75. The summed E-state index contributed by atoms with van der Waals surface area (Å²) in [5.41, 5.74) is 1.43. The lowest BCUT2D eigenvalue weighted by Gasteiger charge is -2.38. The largest absolute Gasteiger partial charge is 0.497 e. The number of alkyl halides is 3. The molecule has 2 heterocycles. The number of anilines is 1. The zero-order valence-electron chi connectivity index (χ0n) is 18.2. The van der Waals surface area contributed by atoms with E-state index in [9.17, 15) is 26.4 Å². The van der Waals surface area contributed by atoms with E-state index < -0.39 is 47.5 Å². The number of hydrogen-bond donors (Lipinski definition) is 3. The molecule has 0 spiro atoms. The van der Waals surface area contributed by atoms with Gasteiger partial charge in [0.25, 0.3) is 10.2 Å². The summed E-state index contributed by atoms with van der Waals surface area (Å²) in [6, 6.07) is 4.75. The maximum atomic E-state index is 12.4. The number of carbonyl (C=O) groups excluding carboxylic acids is 1. The lowest BCUT2D eigenvalue weighted by atomic mass is 10.0. The molecule has 34 heavy (non-hydrogen) atoms. The number of hydrogen-bond acceptors (Lipinski definition) is 8. The number of aliphatic hydroxyl groups excluding tert-OH is 1. The molecule has 1 unspecified atom stereocenters. The summed E-state index contributed by atoms with van der Waals surface area (Å²) in [6.07, 6.45) is -5.43. The highest BCUT2D eigenvalue weighted by Gasteiger charge is 2.39. The number of piperidine rings is 1. The van der Waals surface area contributed by atoms with Crippen LogP contribution in [-0.2, 0) is 15.0 Å². The van der Waals surface area contributed by atoms with Crippen LogP contribution < -0.4 is 20.1 Å². The second-order valence-electron chi connectivity index (χ2n) is 7.78. The number of amides is 1. The van der Waals surface area contributed by atoms with Gasteiger partial charge in [0.05, 0.1) is 37.6 Å². The van der Waals surface area contributed by atoms with Crippen molar-refractivity contribution in [2.75, 3.05) is 38.2 Å². The minimum absolute atomic E-state index is 0.314. The van der Waals surface area contributed by atoms with Gasteiger partial charge in [0.1, 0.15) is 5.75 Å². The van der Waals surface area contributed by atoms with Crippen molar-refractivity contribution in [3.63, 3.8) is 0 Å². The highest BCUT2D eigenvalue weighted by atomic mass is 32.2.